The highest BCUT2D eigenvalue weighted by molar-refractivity contribution is 7.20. The zero-order valence-corrected chi connectivity index (χ0v) is 12.6. The first-order chi connectivity index (χ1) is 9.58. The minimum atomic E-state index is -0.0242. The van der Waals surface area contributed by atoms with Gasteiger partial charge in [0.15, 0.2) is 10.8 Å². The number of nitrogens with zero attached hydrogens (tertiary/aromatic N) is 2. The van der Waals surface area contributed by atoms with Gasteiger partial charge in [0.05, 0.1) is 16.1 Å². The number of nitrogens with two attached hydrogens (primary N) is 1. The fourth-order valence-corrected chi connectivity index (χ4v) is 2.99. The smallest absolute Gasteiger partial charge is 0.194 e. The first kappa shape index (κ1) is 14.7. The number of Topliss-reactive ketones (excluding diaryl/α,β-unsaturated/α-hetero) is 1. The van der Waals surface area contributed by atoms with Crippen LogP contribution in [0.5, 0.6) is 0 Å². The molecule has 1 atom stereocenters. The summed E-state index contributed by atoms with van der Waals surface area (Å²) in [4.78, 5) is 20.9. The number of hydrogen-bond acceptors (Lipinski definition) is 4. The molecule has 20 heavy (non-hydrogen) atoms. The van der Waals surface area contributed by atoms with Crippen molar-refractivity contribution in [1.29, 1.82) is 0 Å². The molecule has 0 radical (unpaired) electrons. The highest BCUT2D eigenvalue weighted by Gasteiger charge is 2.18. The van der Waals surface area contributed by atoms with Crippen molar-refractivity contribution in [2.75, 3.05) is 6.54 Å². The summed E-state index contributed by atoms with van der Waals surface area (Å²) in [5, 5.41) is 0.609. The Balaban J connectivity index is 1.97. The van der Waals surface area contributed by atoms with Crippen LogP contribution in [0.1, 0.15) is 36.5 Å². The number of aliphatic imine (C=N–C) groups is 1. The predicted molar refractivity (Wildman–Crippen MR) is 84.5 cm³/mol. The summed E-state index contributed by atoms with van der Waals surface area (Å²) < 4.78 is 1.06. The fraction of sp³-hybridized carbons (Fsp3) is 0.400. The zero-order chi connectivity index (χ0) is 14.5. The van der Waals surface area contributed by atoms with Crippen molar-refractivity contribution in [3.8, 4) is 0 Å². The molecule has 1 aromatic carbocycles. The average Bonchev–Trinajstić information content (AvgIpc) is 2.86. The van der Waals surface area contributed by atoms with Crippen molar-refractivity contribution in [3.05, 3.63) is 29.3 Å². The van der Waals surface area contributed by atoms with Gasteiger partial charge in [-0.3, -0.25) is 9.79 Å². The van der Waals surface area contributed by atoms with E-state index in [0.29, 0.717) is 17.4 Å². The third kappa shape index (κ3) is 3.63. The number of fused-ring (bicyclic) bond motifs is 1. The molecule has 0 saturated heterocycles. The number of benzene rings is 1. The molecule has 2 N–H and O–H groups in total. The van der Waals surface area contributed by atoms with E-state index in [1.807, 2.05) is 31.2 Å². The molecule has 0 bridgehead atoms. The standard InChI is InChI=1S/C15H19N3OS/c1-10(6-5-9-17-11(2)16)14(19)15-18-12-7-3-4-8-13(12)20-15/h3-4,7-8,10H,5-6,9H2,1-2H3,(H2,16,17). The maximum absolute atomic E-state index is 12.3. The maximum atomic E-state index is 12.3. The molecule has 1 heterocycles. The molecule has 4 nitrogen and oxygen atoms in total. The van der Waals surface area contributed by atoms with E-state index in [1.54, 1.807) is 6.92 Å². The van der Waals surface area contributed by atoms with Crippen molar-refractivity contribution in [2.24, 2.45) is 16.6 Å². The van der Waals surface area contributed by atoms with Crippen LogP contribution < -0.4 is 5.73 Å². The number of carbonyl (C=O) groups excluding carboxylic acids is 1. The summed E-state index contributed by atoms with van der Waals surface area (Å²) >= 11 is 1.47. The molecule has 2 rings (SSSR count). The lowest BCUT2D eigenvalue weighted by Crippen LogP contribution is -2.12. The lowest BCUT2D eigenvalue weighted by molar-refractivity contribution is 0.0923. The molecule has 0 amide bonds. The van der Waals surface area contributed by atoms with Crippen molar-refractivity contribution in [1.82, 2.24) is 4.98 Å². The molecule has 0 aliphatic carbocycles. The Labute approximate surface area is 122 Å². The van der Waals surface area contributed by atoms with Gasteiger partial charge in [0, 0.05) is 12.5 Å². The molecular weight excluding hydrogens is 270 g/mol. The number of ketones is 1. The Kier molecular flexibility index (Phi) is 4.84. The summed E-state index contributed by atoms with van der Waals surface area (Å²) in [6.07, 6.45) is 1.68. The first-order valence-electron chi connectivity index (χ1n) is 6.74. The Bertz CT molecular complexity index is 596. The third-order valence-electron chi connectivity index (χ3n) is 3.11. The van der Waals surface area contributed by atoms with Crippen LogP contribution in [-0.2, 0) is 0 Å². The van der Waals surface area contributed by atoms with E-state index < -0.39 is 0 Å². The van der Waals surface area contributed by atoms with Gasteiger partial charge in [-0.25, -0.2) is 4.98 Å². The molecular formula is C15H19N3OS. The van der Waals surface area contributed by atoms with Crippen molar-refractivity contribution < 1.29 is 4.79 Å². The highest BCUT2D eigenvalue weighted by atomic mass is 32.1. The Morgan fingerprint density at radius 1 is 1.45 bits per heavy atom. The summed E-state index contributed by atoms with van der Waals surface area (Å²) in [5.74, 6) is 0.693. The zero-order valence-electron chi connectivity index (χ0n) is 11.8. The van der Waals surface area contributed by atoms with Crippen LogP contribution in [0.3, 0.4) is 0 Å². The Hall–Kier alpha value is -1.75. The molecule has 0 aliphatic heterocycles. The normalized spacial score (nSPS) is 13.6. The number of aromatic nitrogens is 1. The topological polar surface area (TPSA) is 68.3 Å². The molecule has 0 saturated carbocycles. The van der Waals surface area contributed by atoms with E-state index in [-0.39, 0.29) is 11.7 Å². The van der Waals surface area contributed by atoms with Gasteiger partial charge in [0.1, 0.15) is 0 Å². The van der Waals surface area contributed by atoms with Gasteiger partial charge in [0.25, 0.3) is 0 Å². The number of thiazole rings is 1. The average molecular weight is 289 g/mol. The minimum Gasteiger partial charge on any atom is -0.388 e. The Morgan fingerprint density at radius 3 is 2.90 bits per heavy atom. The van der Waals surface area contributed by atoms with Gasteiger partial charge < -0.3 is 5.73 Å². The van der Waals surface area contributed by atoms with E-state index >= 15 is 0 Å². The predicted octanol–water partition coefficient (Wildman–Crippen LogP) is 3.27. The second-order valence-corrected chi connectivity index (χ2v) is 5.95. The lowest BCUT2D eigenvalue weighted by atomic mass is 10.0. The minimum absolute atomic E-state index is 0.0242. The molecule has 106 valence electrons. The van der Waals surface area contributed by atoms with Gasteiger partial charge in [-0.05, 0) is 31.9 Å². The van der Waals surface area contributed by atoms with Gasteiger partial charge in [-0.1, -0.05) is 19.1 Å². The van der Waals surface area contributed by atoms with Crippen LogP contribution in [-0.4, -0.2) is 23.1 Å². The fourth-order valence-electron chi connectivity index (χ4n) is 1.97. The van der Waals surface area contributed by atoms with E-state index in [2.05, 4.69) is 9.98 Å². The number of rotatable bonds is 6. The summed E-state index contributed by atoms with van der Waals surface area (Å²) in [6, 6.07) is 7.83. The van der Waals surface area contributed by atoms with Gasteiger partial charge in [-0.15, -0.1) is 11.3 Å². The SMILES string of the molecule is CC(N)=NCCCC(C)C(=O)c1nc2ccccc2s1. The monoisotopic (exact) mass is 289 g/mol. The number of hydrogen-bond donors (Lipinski definition) is 1. The van der Waals surface area contributed by atoms with Crippen LogP contribution in [0.2, 0.25) is 0 Å². The quantitative estimate of drug-likeness (QED) is 0.384. The van der Waals surface area contributed by atoms with Gasteiger partial charge >= 0.3 is 0 Å². The van der Waals surface area contributed by atoms with E-state index in [0.717, 1.165) is 23.1 Å². The molecule has 0 aliphatic rings. The number of amidine groups is 1. The summed E-state index contributed by atoms with van der Waals surface area (Å²) in [5.41, 5.74) is 6.38. The van der Waals surface area contributed by atoms with Crippen LogP contribution in [0.25, 0.3) is 10.2 Å². The van der Waals surface area contributed by atoms with Gasteiger partial charge in [-0.2, -0.15) is 0 Å². The largest absolute Gasteiger partial charge is 0.388 e. The van der Waals surface area contributed by atoms with Crippen molar-refractivity contribution in [3.63, 3.8) is 0 Å². The molecule has 2 aromatic rings. The molecule has 0 fully saturated rings. The number of carbonyl (C=O) groups is 1. The highest BCUT2D eigenvalue weighted by Crippen LogP contribution is 2.24. The van der Waals surface area contributed by atoms with Gasteiger partial charge in [0.2, 0.25) is 0 Å². The van der Waals surface area contributed by atoms with Crippen LogP contribution in [0, 0.1) is 5.92 Å². The van der Waals surface area contributed by atoms with Crippen LogP contribution >= 0.6 is 11.3 Å². The van der Waals surface area contributed by atoms with Crippen LogP contribution in [0.4, 0.5) is 0 Å². The van der Waals surface area contributed by atoms with Crippen molar-refractivity contribution >= 4 is 33.2 Å². The molecule has 1 aromatic heterocycles. The summed E-state index contributed by atoms with van der Waals surface area (Å²) in [7, 11) is 0. The maximum Gasteiger partial charge on any atom is 0.194 e. The van der Waals surface area contributed by atoms with E-state index in [4.69, 9.17) is 5.73 Å². The second kappa shape index (κ2) is 6.61. The second-order valence-electron chi connectivity index (χ2n) is 4.92. The number of para-hydroxylation sites is 1. The molecule has 5 heteroatoms. The summed E-state index contributed by atoms with van der Waals surface area (Å²) in [6.45, 7) is 4.41. The third-order valence-corrected chi connectivity index (χ3v) is 4.16. The molecule has 1 unspecified atom stereocenters. The van der Waals surface area contributed by atoms with Crippen molar-refractivity contribution in [2.45, 2.75) is 26.7 Å². The van der Waals surface area contributed by atoms with E-state index in [9.17, 15) is 4.79 Å². The van der Waals surface area contributed by atoms with E-state index in [1.165, 1.54) is 11.3 Å². The lowest BCUT2D eigenvalue weighted by Gasteiger charge is -2.06. The molecule has 0 spiro atoms. The van der Waals surface area contributed by atoms with Crippen LogP contribution in [0.15, 0.2) is 29.3 Å². The first-order valence-corrected chi connectivity index (χ1v) is 7.56. The Morgan fingerprint density at radius 2 is 2.20 bits per heavy atom.